The van der Waals surface area contributed by atoms with Crippen molar-refractivity contribution in [3.63, 3.8) is 0 Å². The van der Waals surface area contributed by atoms with Gasteiger partial charge in [-0.25, -0.2) is 0 Å². The lowest BCUT2D eigenvalue weighted by atomic mass is 9.67. The molecule has 2 heterocycles. The second-order valence-corrected chi connectivity index (χ2v) is 31.9. The molecule has 2 aliphatic carbocycles. The van der Waals surface area contributed by atoms with E-state index in [4.69, 9.17) is 8.83 Å². The van der Waals surface area contributed by atoms with Crippen molar-refractivity contribution in [1.29, 1.82) is 0 Å². The Balaban J connectivity index is 0.000000152. The smallest absolute Gasteiger partial charge is 0.140 e. The topological polar surface area (TPSA) is 39.2 Å². The molecule has 6 heteroatoms. The number of rotatable bonds is 18. The summed E-state index contributed by atoms with van der Waals surface area (Å²) in [6, 6.07) is 169. The summed E-state index contributed by atoms with van der Waals surface area (Å²) >= 11 is 0. The zero-order valence-corrected chi connectivity index (χ0v) is 67.6. The van der Waals surface area contributed by atoms with Gasteiger partial charge >= 0.3 is 0 Å². The molecule has 0 N–H and O–H groups in total. The van der Waals surface area contributed by atoms with E-state index in [1.165, 1.54) is 55.5 Å². The Morgan fingerprint density at radius 3 is 0.689 bits per heavy atom. The van der Waals surface area contributed by atoms with Gasteiger partial charge in [-0.15, -0.1) is 0 Å². The number of anilines is 12. The molecule has 0 atom stereocenters. The molecule has 0 amide bonds. The third-order valence-corrected chi connectivity index (χ3v) is 24.3. The fraction of sp³-hybridized carbons (Fsp3) is 0.0345. The van der Waals surface area contributed by atoms with Gasteiger partial charge in [0.1, 0.15) is 22.7 Å². The molecule has 20 aromatic rings. The van der Waals surface area contributed by atoms with E-state index in [2.05, 4.69) is 507 Å². The van der Waals surface area contributed by atoms with Gasteiger partial charge in [0.2, 0.25) is 0 Å². The Morgan fingerprint density at radius 2 is 0.402 bits per heavy atom. The maximum atomic E-state index is 7.20. The first-order chi connectivity index (χ1) is 60.3. The molecular formula is C116H84N4O2. The molecule has 122 heavy (non-hydrogen) atoms. The molecule has 0 spiro atoms. The van der Waals surface area contributed by atoms with Crippen LogP contribution in [0, 0.1) is 0 Å². The lowest BCUT2D eigenvalue weighted by molar-refractivity contribution is 0.619. The summed E-state index contributed by atoms with van der Waals surface area (Å²) in [7, 11) is 0. The molecule has 22 rings (SSSR count). The second-order valence-electron chi connectivity index (χ2n) is 31.9. The van der Waals surface area contributed by atoms with Gasteiger partial charge < -0.3 is 28.4 Å². The van der Waals surface area contributed by atoms with E-state index in [0.29, 0.717) is 0 Å². The Labute approximate surface area is 712 Å². The average Bonchev–Trinajstić information content (AvgIpc) is 1.53. The van der Waals surface area contributed by atoms with Crippen molar-refractivity contribution in [2.24, 2.45) is 0 Å². The first-order valence-corrected chi connectivity index (χ1v) is 41.8. The van der Waals surface area contributed by atoms with Gasteiger partial charge in [0.25, 0.3) is 0 Å². The van der Waals surface area contributed by atoms with Gasteiger partial charge in [-0.05, 0) is 237 Å². The Bertz CT molecular complexity index is 6880. The molecule has 6 nitrogen and oxygen atoms in total. The molecule has 0 fully saturated rings. The number of benzene rings is 18. The molecular weight excluding hydrogens is 1480 g/mol. The van der Waals surface area contributed by atoms with Crippen molar-refractivity contribution in [3.05, 3.63) is 507 Å². The number of para-hydroxylation sites is 8. The molecule has 2 aliphatic rings. The maximum Gasteiger partial charge on any atom is 0.140 e. The van der Waals surface area contributed by atoms with Gasteiger partial charge in [0.05, 0.1) is 5.41 Å². The molecule has 0 unspecified atom stereocenters. The monoisotopic (exact) mass is 1560 g/mol. The van der Waals surface area contributed by atoms with Crippen LogP contribution in [-0.2, 0) is 10.8 Å². The molecule has 0 aliphatic heterocycles. The Morgan fingerprint density at radius 1 is 0.189 bits per heavy atom. The highest BCUT2D eigenvalue weighted by molar-refractivity contribution is 6.01. The van der Waals surface area contributed by atoms with Crippen molar-refractivity contribution in [3.8, 4) is 67.2 Å². The number of hydrogen-bond acceptors (Lipinski definition) is 6. The van der Waals surface area contributed by atoms with E-state index >= 15 is 0 Å². The van der Waals surface area contributed by atoms with Crippen LogP contribution in [0.5, 0.6) is 0 Å². The predicted octanol–water partition coefficient (Wildman–Crippen LogP) is 32.1. The molecule has 0 saturated carbocycles. The van der Waals surface area contributed by atoms with Gasteiger partial charge in [0.15, 0.2) is 0 Å². The Hall–Kier alpha value is -15.8. The number of furan rings is 2. The van der Waals surface area contributed by atoms with E-state index in [1.807, 2.05) is 0 Å². The van der Waals surface area contributed by atoms with Gasteiger partial charge in [-0.2, -0.15) is 0 Å². The molecule has 0 radical (unpaired) electrons. The molecule has 0 bridgehead atoms. The minimum Gasteiger partial charge on any atom is -0.456 e. The van der Waals surface area contributed by atoms with Crippen LogP contribution in [0.15, 0.2) is 482 Å². The van der Waals surface area contributed by atoms with E-state index in [1.54, 1.807) is 0 Å². The highest BCUT2D eigenvalue weighted by Crippen LogP contribution is 2.61. The van der Waals surface area contributed by atoms with Crippen LogP contribution in [0.4, 0.5) is 68.2 Å². The summed E-state index contributed by atoms with van der Waals surface area (Å²) in [5.41, 5.74) is 33.2. The van der Waals surface area contributed by atoms with Crippen molar-refractivity contribution in [2.75, 3.05) is 19.6 Å². The third-order valence-electron chi connectivity index (χ3n) is 24.3. The van der Waals surface area contributed by atoms with Gasteiger partial charge in [-0.3, -0.25) is 0 Å². The number of fused-ring (bicyclic) bond motifs is 10. The van der Waals surface area contributed by atoms with Crippen LogP contribution >= 0.6 is 0 Å². The van der Waals surface area contributed by atoms with Crippen molar-refractivity contribution in [2.45, 2.75) is 24.7 Å². The SMILES string of the molecule is CC1(C)c2ccc(-c3ccc(N(c4ccccc4)c4ccccc4)cc3)cc2-c2oc3cc(-c4ccc(N(c5ccccc5)c5ccccc5)cc4)ccc3c21.c1ccc(N(c2ccccc2)c2ccc(-c3ccc4c(c3)-c3oc5cc(-c6ccc(N(c7ccccc7)c7ccccc7)cc6)ccc5c3C4(c3ccccc3)c3ccccc3)cc2)cc1. The van der Waals surface area contributed by atoms with Crippen molar-refractivity contribution >= 4 is 90.2 Å². The van der Waals surface area contributed by atoms with Crippen LogP contribution in [0.2, 0.25) is 0 Å². The van der Waals surface area contributed by atoms with Gasteiger partial charge in [0, 0.05) is 107 Å². The van der Waals surface area contributed by atoms with Crippen LogP contribution in [0.3, 0.4) is 0 Å². The molecule has 0 saturated heterocycles. The van der Waals surface area contributed by atoms with E-state index in [9.17, 15) is 0 Å². The highest BCUT2D eigenvalue weighted by Gasteiger charge is 2.50. The summed E-state index contributed by atoms with van der Waals surface area (Å²) in [5.74, 6) is 1.89. The summed E-state index contributed by atoms with van der Waals surface area (Å²) in [4.78, 5) is 9.17. The Kier molecular flexibility index (Phi) is 19.1. The fourth-order valence-electron chi connectivity index (χ4n) is 18.6. The molecule has 580 valence electrons. The zero-order valence-electron chi connectivity index (χ0n) is 67.6. The van der Waals surface area contributed by atoms with Gasteiger partial charge in [-0.1, -0.05) is 317 Å². The van der Waals surface area contributed by atoms with E-state index in [-0.39, 0.29) is 5.41 Å². The largest absolute Gasteiger partial charge is 0.456 e. The minimum absolute atomic E-state index is 0.189. The fourth-order valence-corrected chi connectivity index (χ4v) is 18.6. The standard InChI is InChI=1S/C63H44N2O.C53H40N2O/c1-7-19-49(20-8-1)63(50-21-9-2-10-22-50)59-42-36-47(45-31-37-55(38-32-45)64(51-23-11-3-12-24-51)52-25-13-4-14-26-52)43-58(59)62-61(63)57-41-35-48(44-60(57)66-62)46-33-39-56(40-34-46)65(53-27-15-5-16-28-53)54-29-17-6-18-30-54;1-53(2)49-34-28-39(37-23-29-45(30-24-37)54(41-15-7-3-8-16-41)42-17-9-4-10-18-42)35-48(49)52-51(53)47-33-27-40(36-50(47)56-52)38-25-31-46(32-26-38)55(43-19-11-5-12-20-43)44-21-13-6-14-22-44/h1-44H;3-36H,1-2H3. The number of nitrogens with zero attached hydrogens (tertiary/aromatic N) is 4. The zero-order chi connectivity index (χ0) is 81.5. The second kappa shape index (κ2) is 31.6. The summed E-state index contributed by atoms with van der Waals surface area (Å²) in [5, 5.41) is 2.29. The molecule has 18 aromatic carbocycles. The lowest BCUT2D eigenvalue weighted by Gasteiger charge is -2.33. The molecule has 2 aromatic heterocycles. The minimum atomic E-state index is -0.603. The van der Waals surface area contributed by atoms with Crippen LogP contribution in [-0.4, -0.2) is 0 Å². The van der Waals surface area contributed by atoms with Crippen molar-refractivity contribution in [1.82, 2.24) is 0 Å². The first-order valence-electron chi connectivity index (χ1n) is 41.8. The summed E-state index contributed by atoms with van der Waals surface area (Å²) in [6.45, 7) is 4.64. The predicted molar refractivity (Wildman–Crippen MR) is 508 cm³/mol. The van der Waals surface area contributed by atoms with Crippen LogP contribution in [0.25, 0.3) is 89.1 Å². The number of hydrogen-bond donors (Lipinski definition) is 0. The maximum absolute atomic E-state index is 7.20. The van der Waals surface area contributed by atoms with E-state index < -0.39 is 5.41 Å². The van der Waals surface area contributed by atoms with E-state index in [0.717, 1.165) is 135 Å². The first kappa shape index (κ1) is 73.8. The summed E-state index contributed by atoms with van der Waals surface area (Å²) in [6.07, 6.45) is 0. The van der Waals surface area contributed by atoms with Crippen LogP contribution < -0.4 is 19.6 Å². The normalized spacial score (nSPS) is 12.5. The lowest BCUT2D eigenvalue weighted by Crippen LogP contribution is -2.28. The quantitative estimate of drug-likeness (QED) is 0.0853. The van der Waals surface area contributed by atoms with Crippen molar-refractivity contribution < 1.29 is 8.83 Å². The third kappa shape index (κ3) is 13.4. The highest BCUT2D eigenvalue weighted by atomic mass is 16.3. The van der Waals surface area contributed by atoms with Crippen LogP contribution in [0.1, 0.15) is 47.2 Å². The average molecular weight is 1570 g/mol. The summed E-state index contributed by atoms with van der Waals surface area (Å²) < 4.78 is 14.0.